The average molecular weight is 312 g/mol. The van der Waals surface area contributed by atoms with Gasteiger partial charge in [-0.05, 0) is 55.5 Å². The average Bonchev–Trinajstić information content (AvgIpc) is 3.06. The first kappa shape index (κ1) is 15.2. The van der Waals surface area contributed by atoms with E-state index in [0.717, 1.165) is 17.6 Å². The summed E-state index contributed by atoms with van der Waals surface area (Å²) >= 11 is 0. The van der Waals surface area contributed by atoms with Gasteiger partial charge in [0.25, 0.3) is 0 Å². The Balaban J connectivity index is 1.69. The summed E-state index contributed by atoms with van der Waals surface area (Å²) in [7, 11) is 0. The van der Waals surface area contributed by atoms with Crippen molar-refractivity contribution in [3.05, 3.63) is 35.8 Å². The van der Waals surface area contributed by atoms with Crippen LogP contribution in [-0.2, 0) is 17.9 Å². The second-order valence-corrected chi connectivity index (χ2v) is 5.55. The molecule has 7 heteroatoms. The number of hydrogen-bond donors (Lipinski definition) is 1. The van der Waals surface area contributed by atoms with E-state index in [9.17, 15) is 4.79 Å². The van der Waals surface area contributed by atoms with Crippen LogP contribution in [0, 0.1) is 13.8 Å². The van der Waals surface area contributed by atoms with E-state index >= 15 is 0 Å². The highest BCUT2D eigenvalue weighted by Gasteiger charge is 2.08. The van der Waals surface area contributed by atoms with Crippen LogP contribution in [0.4, 0.5) is 5.69 Å². The Morgan fingerprint density at radius 3 is 2.78 bits per heavy atom. The Morgan fingerprint density at radius 2 is 2.09 bits per heavy atom. The number of anilines is 1. The first-order valence-electron chi connectivity index (χ1n) is 7.71. The van der Waals surface area contributed by atoms with Gasteiger partial charge in [-0.3, -0.25) is 4.79 Å². The van der Waals surface area contributed by atoms with Crippen LogP contribution in [0.5, 0.6) is 0 Å². The van der Waals surface area contributed by atoms with Crippen molar-refractivity contribution in [2.24, 2.45) is 0 Å². The third-order valence-corrected chi connectivity index (χ3v) is 3.97. The molecule has 1 aromatic carbocycles. The van der Waals surface area contributed by atoms with Crippen LogP contribution in [0.25, 0.3) is 10.9 Å². The third-order valence-electron chi connectivity index (χ3n) is 3.97. The molecule has 0 radical (unpaired) electrons. The number of tetrazole rings is 1. The minimum atomic E-state index is -0.0501. The van der Waals surface area contributed by atoms with Crippen LogP contribution >= 0.6 is 0 Å². The number of carbonyl (C=O) groups is 1. The maximum absolute atomic E-state index is 12.1. The summed E-state index contributed by atoms with van der Waals surface area (Å²) in [6.45, 7) is 7.44. The number of carbonyl (C=O) groups excluding carboxylic acids is 1. The van der Waals surface area contributed by atoms with Crippen molar-refractivity contribution in [3.8, 4) is 0 Å². The quantitative estimate of drug-likeness (QED) is 0.784. The maximum Gasteiger partial charge on any atom is 0.226 e. The Morgan fingerprint density at radius 1 is 1.26 bits per heavy atom. The number of rotatable bonds is 5. The van der Waals surface area contributed by atoms with Gasteiger partial charge in [-0.2, -0.15) is 0 Å². The SMILES string of the molecule is CCn1c(C)cc2cc(NC(=O)CCn3nnnc3C)ccc21. The Kier molecular flexibility index (Phi) is 4.10. The van der Waals surface area contributed by atoms with E-state index in [1.807, 2.05) is 25.1 Å². The van der Waals surface area contributed by atoms with E-state index in [-0.39, 0.29) is 5.91 Å². The van der Waals surface area contributed by atoms with Gasteiger partial charge in [-0.1, -0.05) is 0 Å². The van der Waals surface area contributed by atoms with E-state index in [0.29, 0.717) is 18.8 Å². The van der Waals surface area contributed by atoms with Crippen molar-refractivity contribution in [1.29, 1.82) is 0 Å². The van der Waals surface area contributed by atoms with Gasteiger partial charge in [-0.25, -0.2) is 4.68 Å². The van der Waals surface area contributed by atoms with Gasteiger partial charge in [0.1, 0.15) is 5.82 Å². The van der Waals surface area contributed by atoms with Crippen molar-refractivity contribution in [2.75, 3.05) is 5.32 Å². The largest absolute Gasteiger partial charge is 0.345 e. The normalized spacial score (nSPS) is 11.1. The highest BCUT2D eigenvalue weighted by molar-refractivity contribution is 5.94. The minimum Gasteiger partial charge on any atom is -0.345 e. The van der Waals surface area contributed by atoms with E-state index in [1.54, 1.807) is 4.68 Å². The Hall–Kier alpha value is -2.70. The molecule has 0 aliphatic rings. The summed E-state index contributed by atoms with van der Waals surface area (Å²) < 4.78 is 3.87. The van der Waals surface area contributed by atoms with Gasteiger partial charge in [0.05, 0.1) is 6.54 Å². The number of aryl methyl sites for hydroxylation is 4. The zero-order valence-corrected chi connectivity index (χ0v) is 13.6. The molecular formula is C16H20N6O. The molecule has 120 valence electrons. The molecule has 0 fully saturated rings. The van der Waals surface area contributed by atoms with E-state index in [4.69, 9.17) is 0 Å². The summed E-state index contributed by atoms with van der Waals surface area (Å²) in [5.41, 5.74) is 3.22. The molecule has 0 spiro atoms. The molecule has 1 N–H and O–H groups in total. The van der Waals surface area contributed by atoms with Crippen molar-refractivity contribution in [1.82, 2.24) is 24.8 Å². The molecule has 3 rings (SSSR count). The fraction of sp³-hybridized carbons (Fsp3) is 0.375. The summed E-state index contributed by atoms with van der Waals surface area (Å²) in [5, 5.41) is 15.3. The highest BCUT2D eigenvalue weighted by atomic mass is 16.1. The fourth-order valence-electron chi connectivity index (χ4n) is 2.79. The molecule has 0 saturated heterocycles. The lowest BCUT2D eigenvalue weighted by atomic mass is 10.2. The fourth-order valence-corrected chi connectivity index (χ4v) is 2.79. The number of nitrogens with zero attached hydrogens (tertiary/aromatic N) is 5. The zero-order chi connectivity index (χ0) is 16.4. The first-order chi connectivity index (χ1) is 11.1. The second-order valence-electron chi connectivity index (χ2n) is 5.55. The molecule has 2 aromatic heterocycles. The lowest BCUT2D eigenvalue weighted by Crippen LogP contribution is -2.15. The molecule has 0 aliphatic heterocycles. The van der Waals surface area contributed by atoms with Crippen molar-refractivity contribution < 1.29 is 4.79 Å². The van der Waals surface area contributed by atoms with Gasteiger partial charge in [0.2, 0.25) is 5.91 Å². The van der Waals surface area contributed by atoms with E-state index in [2.05, 4.69) is 45.3 Å². The van der Waals surface area contributed by atoms with Gasteiger partial charge >= 0.3 is 0 Å². The lowest BCUT2D eigenvalue weighted by molar-refractivity contribution is -0.116. The van der Waals surface area contributed by atoms with Crippen LogP contribution < -0.4 is 5.32 Å². The van der Waals surface area contributed by atoms with Crippen LogP contribution in [0.15, 0.2) is 24.3 Å². The molecule has 3 aromatic rings. The molecule has 0 aliphatic carbocycles. The predicted octanol–water partition coefficient (Wildman–Crippen LogP) is 2.29. The smallest absolute Gasteiger partial charge is 0.226 e. The highest BCUT2D eigenvalue weighted by Crippen LogP contribution is 2.23. The summed E-state index contributed by atoms with van der Waals surface area (Å²) in [4.78, 5) is 12.1. The second kappa shape index (κ2) is 6.20. The number of fused-ring (bicyclic) bond motifs is 1. The maximum atomic E-state index is 12.1. The van der Waals surface area contributed by atoms with Crippen LogP contribution in [-0.4, -0.2) is 30.7 Å². The molecular weight excluding hydrogens is 292 g/mol. The van der Waals surface area contributed by atoms with Crippen LogP contribution in [0.3, 0.4) is 0 Å². The minimum absolute atomic E-state index is 0.0501. The van der Waals surface area contributed by atoms with E-state index in [1.165, 1.54) is 11.2 Å². The molecule has 7 nitrogen and oxygen atoms in total. The molecule has 2 heterocycles. The predicted molar refractivity (Wildman–Crippen MR) is 88.1 cm³/mol. The van der Waals surface area contributed by atoms with Crippen LogP contribution in [0.1, 0.15) is 24.9 Å². The van der Waals surface area contributed by atoms with Crippen molar-refractivity contribution in [3.63, 3.8) is 0 Å². The molecule has 23 heavy (non-hydrogen) atoms. The summed E-state index contributed by atoms with van der Waals surface area (Å²) in [6.07, 6.45) is 0.332. The molecule has 0 unspecified atom stereocenters. The topological polar surface area (TPSA) is 77.6 Å². The molecule has 0 saturated carbocycles. The number of benzene rings is 1. The van der Waals surface area contributed by atoms with Gasteiger partial charge in [-0.15, -0.1) is 5.10 Å². The van der Waals surface area contributed by atoms with Crippen LogP contribution in [0.2, 0.25) is 0 Å². The van der Waals surface area contributed by atoms with Crippen molar-refractivity contribution in [2.45, 2.75) is 40.3 Å². The van der Waals surface area contributed by atoms with Gasteiger partial charge in [0.15, 0.2) is 0 Å². The van der Waals surface area contributed by atoms with Gasteiger partial charge in [0, 0.05) is 35.2 Å². The standard InChI is InChI=1S/C16H20N6O/c1-4-21-11(2)9-13-10-14(5-6-15(13)21)17-16(23)7-8-22-12(3)18-19-20-22/h5-6,9-10H,4,7-8H2,1-3H3,(H,17,23). The molecule has 0 atom stereocenters. The summed E-state index contributed by atoms with van der Waals surface area (Å²) in [6, 6.07) is 8.13. The monoisotopic (exact) mass is 312 g/mol. The molecule has 0 bridgehead atoms. The number of nitrogens with one attached hydrogen (secondary N) is 1. The van der Waals surface area contributed by atoms with Crippen molar-refractivity contribution >= 4 is 22.5 Å². The number of aromatic nitrogens is 5. The zero-order valence-electron chi connectivity index (χ0n) is 13.6. The van der Waals surface area contributed by atoms with Gasteiger partial charge < -0.3 is 9.88 Å². The first-order valence-corrected chi connectivity index (χ1v) is 7.71. The molecule has 1 amide bonds. The number of amides is 1. The summed E-state index contributed by atoms with van der Waals surface area (Å²) in [5.74, 6) is 0.654. The Bertz CT molecular complexity index is 847. The Labute approximate surface area is 134 Å². The van der Waals surface area contributed by atoms with E-state index < -0.39 is 0 Å². The number of hydrogen-bond acceptors (Lipinski definition) is 4. The lowest BCUT2D eigenvalue weighted by Gasteiger charge is -2.07. The third kappa shape index (κ3) is 3.08.